The molecule has 0 heterocycles. The van der Waals surface area contributed by atoms with Crippen LogP contribution in [0.3, 0.4) is 0 Å². The first-order valence-electron chi connectivity index (χ1n) is 9.89. The minimum Gasteiger partial charge on any atom is -0.504 e. The summed E-state index contributed by atoms with van der Waals surface area (Å²) >= 11 is 0. The number of benzene rings is 1. The number of hydrogen-bond acceptors (Lipinski definition) is 3. The van der Waals surface area contributed by atoms with Crippen LogP contribution in [0.1, 0.15) is 96.0 Å². The monoisotopic (exact) mass is 336 g/mol. The van der Waals surface area contributed by atoms with Gasteiger partial charge >= 0.3 is 0 Å². The van der Waals surface area contributed by atoms with E-state index in [0.29, 0.717) is 5.56 Å². The van der Waals surface area contributed by atoms with Gasteiger partial charge in [0, 0.05) is 0 Å². The molecule has 138 valence electrons. The fourth-order valence-corrected chi connectivity index (χ4v) is 3.15. The Hall–Kier alpha value is -1.38. The predicted molar refractivity (Wildman–Crippen MR) is 101 cm³/mol. The fourth-order valence-electron chi connectivity index (χ4n) is 3.15. The number of unbranched alkanes of at least 4 members (excludes halogenated alkanes) is 12. The van der Waals surface area contributed by atoms with Gasteiger partial charge in [0.05, 0.1) is 0 Å². The van der Waals surface area contributed by atoms with Crippen molar-refractivity contribution in [3.8, 4) is 17.2 Å². The zero-order chi connectivity index (χ0) is 17.6. The van der Waals surface area contributed by atoms with E-state index in [-0.39, 0.29) is 11.5 Å². The standard InChI is InChI=1S/C21H36O3/c1-2-3-4-5-6-7-8-9-10-11-12-13-14-15-18-16-17-19(22)21(24)20(18)23/h16-17,22-24H,2-15H2,1H3. The maximum atomic E-state index is 9.76. The van der Waals surface area contributed by atoms with Gasteiger partial charge < -0.3 is 15.3 Å². The molecule has 0 unspecified atom stereocenters. The summed E-state index contributed by atoms with van der Waals surface area (Å²) in [5, 5.41) is 28.5. The van der Waals surface area contributed by atoms with Crippen LogP contribution >= 0.6 is 0 Å². The van der Waals surface area contributed by atoms with E-state index < -0.39 is 5.75 Å². The summed E-state index contributed by atoms with van der Waals surface area (Å²) in [6, 6.07) is 3.12. The Labute approximate surface area is 147 Å². The fraction of sp³-hybridized carbons (Fsp3) is 0.714. The second kappa shape index (κ2) is 13.0. The van der Waals surface area contributed by atoms with E-state index in [2.05, 4.69) is 6.92 Å². The van der Waals surface area contributed by atoms with Crippen molar-refractivity contribution in [3.63, 3.8) is 0 Å². The lowest BCUT2D eigenvalue weighted by atomic mass is 10.0. The van der Waals surface area contributed by atoms with Crippen molar-refractivity contribution in [3.05, 3.63) is 17.7 Å². The van der Waals surface area contributed by atoms with E-state index in [9.17, 15) is 15.3 Å². The van der Waals surface area contributed by atoms with Gasteiger partial charge in [-0.1, -0.05) is 90.0 Å². The highest BCUT2D eigenvalue weighted by molar-refractivity contribution is 5.53. The summed E-state index contributed by atoms with van der Waals surface area (Å²) in [4.78, 5) is 0. The third-order valence-corrected chi connectivity index (χ3v) is 4.76. The molecular weight excluding hydrogens is 300 g/mol. The van der Waals surface area contributed by atoms with E-state index in [1.165, 1.54) is 76.7 Å². The SMILES string of the molecule is CCCCCCCCCCCCCCCc1ccc(O)c(O)c1O. The van der Waals surface area contributed by atoms with Crippen LogP contribution in [0, 0.1) is 0 Å². The maximum absolute atomic E-state index is 9.76. The molecule has 3 nitrogen and oxygen atoms in total. The minimum atomic E-state index is -0.401. The summed E-state index contributed by atoms with van der Waals surface area (Å²) in [5.74, 6) is -0.835. The molecule has 0 fully saturated rings. The number of phenols is 3. The highest BCUT2D eigenvalue weighted by atomic mass is 16.3. The first kappa shape index (κ1) is 20.7. The Morgan fingerprint density at radius 3 is 1.54 bits per heavy atom. The van der Waals surface area contributed by atoms with Crippen molar-refractivity contribution in [2.45, 2.75) is 96.8 Å². The van der Waals surface area contributed by atoms with Gasteiger partial charge in [0.15, 0.2) is 11.5 Å². The average Bonchev–Trinajstić information content (AvgIpc) is 2.58. The molecule has 0 aliphatic heterocycles. The van der Waals surface area contributed by atoms with Gasteiger partial charge in [0.1, 0.15) is 0 Å². The normalized spacial score (nSPS) is 11.0. The summed E-state index contributed by atoms with van der Waals surface area (Å²) in [6.45, 7) is 2.26. The molecule has 0 aliphatic carbocycles. The minimum absolute atomic E-state index is 0.172. The van der Waals surface area contributed by atoms with Crippen LogP contribution < -0.4 is 0 Å². The smallest absolute Gasteiger partial charge is 0.200 e. The van der Waals surface area contributed by atoms with Crippen molar-refractivity contribution >= 4 is 0 Å². The average molecular weight is 337 g/mol. The van der Waals surface area contributed by atoms with Crippen LogP contribution in [-0.4, -0.2) is 15.3 Å². The summed E-state index contributed by atoms with van der Waals surface area (Å²) in [7, 11) is 0. The lowest BCUT2D eigenvalue weighted by Crippen LogP contribution is -1.88. The maximum Gasteiger partial charge on any atom is 0.200 e. The molecule has 3 N–H and O–H groups in total. The van der Waals surface area contributed by atoms with E-state index in [1.54, 1.807) is 6.07 Å². The van der Waals surface area contributed by atoms with Crippen LogP contribution in [-0.2, 0) is 6.42 Å². The van der Waals surface area contributed by atoms with Crippen molar-refractivity contribution < 1.29 is 15.3 Å². The second-order valence-electron chi connectivity index (χ2n) is 6.93. The molecule has 0 amide bonds. The second-order valence-corrected chi connectivity index (χ2v) is 6.93. The Bertz CT molecular complexity index is 443. The molecule has 0 atom stereocenters. The first-order valence-corrected chi connectivity index (χ1v) is 9.89. The number of aryl methyl sites for hydroxylation is 1. The number of hydrogen-bond donors (Lipinski definition) is 3. The van der Waals surface area contributed by atoms with E-state index in [4.69, 9.17) is 0 Å². The summed E-state index contributed by atoms with van der Waals surface area (Å²) in [5.41, 5.74) is 0.716. The number of phenolic OH excluding ortho intramolecular Hbond substituents is 3. The molecule has 0 aromatic heterocycles. The topological polar surface area (TPSA) is 60.7 Å². The molecule has 0 spiro atoms. The zero-order valence-corrected chi connectivity index (χ0v) is 15.4. The van der Waals surface area contributed by atoms with E-state index in [1.807, 2.05) is 0 Å². The Kier molecular flexibility index (Phi) is 11.2. The number of aromatic hydroxyl groups is 3. The third-order valence-electron chi connectivity index (χ3n) is 4.76. The van der Waals surface area contributed by atoms with Gasteiger partial charge in [-0.2, -0.15) is 0 Å². The highest BCUT2D eigenvalue weighted by Crippen LogP contribution is 2.37. The lowest BCUT2D eigenvalue weighted by Gasteiger charge is -2.07. The molecule has 3 heteroatoms. The first-order chi connectivity index (χ1) is 11.7. The van der Waals surface area contributed by atoms with Crippen LogP contribution in [0.2, 0.25) is 0 Å². The largest absolute Gasteiger partial charge is 0.504 e. The Balaban J connectivity index is 1.93. The number of rotatable bonds is 14. The van der Waals surface area contributed by atoms with Crippen molar-refractivity contribution in [1.29, 1.82) is 0 Å². The predicted octanol–water partition coefficient (Wildman–Crippen LogP) is 6.44. The van der Waals surface area contributed by atoms with Crippen LogP contribution in [0.15, 0.2) is 12.1 Å². The van der Waals surface area contributed by atoms with Gasteiger partial charge in [-0.3, -0.25) is 0 Å². The lowest BCUT2D eigenvalue weighted by molar-refractivity contribution is 0.364. The van der Waals surface area contributed by atoms with Gasteiger partial charge in [-0.25, -0.2) is 0 Å². The molecule has 0 radical (unpaired) electrons. The van der Waals surface area contributed by atoms with Crippen LogP contribution in [0.5, 0.6) is 17.2 Å². The molecular formula is C21H36O3. The van der Waals surface area contributed by atoms with E-state index >= 15 is 0 Å². The Morgan fingerprint density at radius 1 is 0.583 bits per heavy atom. The molecule has 0 aliphatic rings. The van der Waals surface area contributed by atoms with Gasteiger partial charge in [0.2, 0.25) is 5.75 Å². The van der Waals surface area contributed by atoms with E-state index in [0.717, 1.165) is 19.3 Å². The third kappa shape index (κ3) is 8.47. The zero-order valence-electron chi connectivity index (χ0n) is 15.4. The molecule has 1 aromatic rings. The molecule has 1 rings (SSSR count). The molecule has 24 heavy (non-hydrogen) atoms. The van der Waals surface area contributed by atoms with Gasteiger partial charge in [0.25, 0.3) is 0 Å². The summed E-state index contributed by atoms with van der Waals surface area (Å²) in [6.07, 6.45) is 17.9. The van der Waals surface area contributed by atoms with Gasteiger partial charge in [-0.05, 0) is 24.5 Å². The Morgan fingerprint density at radius 2 is 1.04 bits per heavy atom. The van der Waals surface area contributed by atoms with Crippen molar-refractivity contribution in [2.75, 3.05) is 0 Å². The quantitative estimate of drug-likeness (QED) is 0.271. The van der Waals surface area contributed by atoms with Crippen molar-refractivity contribution in [2.24, 2.45) is 0 Å². The molecule has 0 saturated carbocycles. The van der Waals surface area contributed by atoms with Gasteiger partial charge in [-0.15, -0.1) is 0 Å². The van der Waals surface area contributed by atoms with Crippen molar-refractivity contribution in [1.82, 2.24) is 0 Å². The molecule has 1 aromatic carbocycles. The molecule has 0 saturated heterocycles. The molecule has 0 bridgehead atoms. The van der Waals surface area contributed by atoms with Crippen LogP contribution in [0.25, 0.3) is 0 Å². The summed E-state index contributed by atoms with van der Waals surface area (Å²) < 4.78 is 0. The van der Waals surface area contributed by atoms with Crippen LogP contribution in [0.4, 0.5) is 0 Å². The highest BCUT2D eigenvalue weighted by Gasteiger charge is 2.10.